The maximum absolute atomic E-state index is 11.9. The zero-order valence-corrected chi connectivity index (χ0v) is 11.7. The highest BCUT2D eigenvalue weighted by Crippen LogP contribution is 2.13. The van der Waals surface area contributed by atoms with Crippen molar-refractivity contribution in [1.29, 1.82) is 0 Å². The third-order valence-electron chi connectivity index (χ3n) is 2.71. The molecule has 1 atom stereocenters. The summed E-state index contributed by atoms with van der Waals surface area (Å²) in [5.41, 5.74) is 0. The second-order valence-corrected chi connectivity index (χ2v) is 4.41. The van der Waals surface area contributed by atoms with Crippen LogP contribution in [0, 0.1) is 0 Å². The summed E-state index contributed by atoms with van der Waals surface area (Å²) in [6.07, 6.45) is 0.328. The maximum Gasteiger partial charge on any atom is 0.356 e. The average molecular weight is 288 g/mol. The number of amides is 2. The first kappa shape index (κ1) is 16.2. The van der Waals surface area contributed by atoms with E-state index in [1.165, 1.54) is 6.92 Å². The minimum atomic E-state index is -1.68. The molecule has 1 N–H and O–H groups in total. The molecule has 20 heavy (non-hydrogen) atoms. The largest absolute Gasteiger partial charge is 0.462 e. The van der Waals surface area contributed by atoms with E-state index in [0.29, 0.717) is 12.8 Å². The normalized spacial score (nSPS) is 16.9. The van der Waals surface area contributed by atoms with Crippen LogP contribution in [0.5, 0.6) is 0 Å². The Balaban J connectivity index is 2.57. The molecule has 1 fully saturated rings. The Bertz CT molecular complexity index is 373. The van der Waals surface area contributed by atoms with Crippen LogP contribution in [-0.2, 0) is 19.2 Å². The zero-order valence-electron chi connectivity index (χ0n) is 11.7. The van der Waals surface area contributed by atoms with E-state index >= 15 is 0 Å². The quantitative estimate of drug-likeness (QED) is 0.556. The van der Waals surface area contributed by atoms with E-state index in [2.05, 4.69) is 0 Å². The van der Waals surface area contributed by atoms with Gasteiger partial charge in [0, 0.05) is 13.5 Å². The van der Waals surface area contributed by atoms with Crippen LogP contribution in [0.2, 0.25) is 0 Å². The van der Waals surface area contributed by atoms with E-state index in [-0.39, 0.29) is 19.7 Å². The highest BCUT2D eigenvalue weighted by Gasteiger charge is 2.36. The highest BCUT2D eigenvalue weighted by atomic mass is 16.7. The standard InChI is InChI=1S/C12H20N2O6/c1-3-4-8-19-11(17)10(16)13-6-5-7-14(12(13)18)20-9(2)15/h10,16H,3-8H2,1-2H3. The number of carbonyl (C=O) groups is 3. The smallest absolute Gasteiger partial charge is 0.356 e. The van der Waals surface area contributed by atoms with Crippen molar-refractivity contribution >= 4 is 18.0 Å². The Hall–Kier alpha value is -1.83. The third kappa shape index (κ3) is 4.37. The molecule has 1 unspecified atom stereocenters. The van der Waals surface area contributed by atoms with Crippen LogP contribution in [0.3, 0.4) is 0 Å². The molecule has 0 bridgehead atoms. The Labute approximate surface area is 117 Å². The molecule has 0 aromatic carbocycles. The second-order valence-electron chi connectivity index (χ2n) is 4.41. The van der Waals surface area contributed by atoms with Crippen molar-refractivity contribution in [3.63, 3.8) is 0 Å². The van der Waals surface area contributed by atoms with E-state index in [9.17, 15) is 19.5 Å². The summed E-state index contributed by atoms with van der Waals surface area (Å²) in [5, 5.41) is 10.7. The molecule has 0 aromatic rings. The number of urea groups is 1. The van der Waals surface area contributed by atoms with Crippen molar-refractivity contribution in [3.8, 4) is 0 Å². The van der Waals surface area contributed by atoms with Crippen LogP contribution in [-0.4, -0.2) is 59.0 Å². The van der Waals surface area contributed by atoms with Crippen LogP contribution in [0.4, 0.5) is 4.79 Å². The minimum absolute atomic E-state index is 0.195. The van der Waals surface area contributed by atoms with Gasteiger partial charge in [-0.05, 0) is 12.8 Å². The SMILES string of the molecule is CCCCOC(=O)C(O)N1CCCN(OC(C)=O)C1=O. The molecular weight excluding hydrogens is 268 g/mol. The highest BCUT2D eigenvalue weighted by molar-refractivity contribution is 5.83. The summed E-state index contributed by atoms with van der Waals surface area (Å²) < 4.78 is 4.85. The van der Waals surface area contributed by atoms with Gasteiger partial charge in [0.25, 0.3) is 0 Å². The Morgan fingerprint density at radius 3 is 2.70 bits per heavy atom. The molecule has 0 saturated carbocycles. The van der Waals surface area contributed by atoms with Crippen molar-refractivity contribution in [1.82, 2.24) is 9.96 Å². The van der Waals surface area contributed by atoms with Gasteiger partial charge in [0.2, 0.25) is 6.23 Å². The van der Waals surface area contributed by atoms with Crippen LogP contribution >= 0.6 is 0 Å². The van der Waals surface area contributed by atoms with Crippen LogP contribution < -0.4 is 0 Å². The van der Waals surface area contributed by atoms with E-state index in [0.717, 1.165) is 16.4 Å². The third-order valence-corrected chi connectivity index (χ3v) is 2.71. The lowest BCUT2D eigenvalue weighted by Gasteiger charge is -2.35. The van der Waals surface area contributed by atoms with E-state index < -0.39 is 24.2 Å². The Morgan fingerprint density at radius 2 is 2.10 bits per heavy atom. The summed E-state index contributed by atoms with van der Waals surface area (Å²) in [4.78, 5) is 40.0. The molecule has 0 aliphatic carbocycles. The first-order valence-electron chi connectivity index (χ1n) is 6.58. The van der Waals surface area contributed by atoms with Gasteiger partial charge >= 0.3 is 18.0 Å². The van der Waals surface area contributed by atoms with Crippen LogP contribution in [0.25, 0.3) is 0 Å². The molecule has 1 aliphatic heterocycles. The zero-order chi connectivity index (χ0) is 15.1. The molecule has 0 radical (unpaired) electrons. The summed E-state index contributed by atoms with van der Waals surface area (Å²) >= 11 is 0. The van der Waals surface area contributed by atoms with E-state index in [4.69, 9.17) is 9.57 Å². The van der Waals surface area contributed by atoms with Gasteiger partial charge in [-0.3, -0.25) is 9.69 Å². The van der Waals surface area contributed by atoms with E-state index in [1.807, 2.05) is 6.92 Å². The molecule has 1 aliphatic rings. The van der Waals surface area contributed by atoms with Gasteiger partial charge in [0.1, 0.15) is 0 Å². The lowest BCUT2D eigenvalue weighted by Crippen LogP contribution is -2.56. The Kier molecular flexibility index (Phi) is 6.23. The number of rotatable bonds is 6. The van der Waals surface area contributed by atoms with Crippen molar-refractivity contribution < 1.29 is 29.1 Å². The van der Waals surface area contributed by atoms with Crippen molar-refractivity contribution in [2.24, 2.45) is 0 Å². The monoisotopic (exact) mass is 288 g/mol. The second kappa shape index (κ2) is 7.68. The number of aliphatic hydroxyl groups excluding tert-OH is 1. The molecule has 1 saturated heterocycles. The summed E-state index contributed by atoms with van der Waals surface area (Å²) in [5.74, 6) is -1.52. The molecule has 8 nitrogen and oxygen atoms in total. The first-order chi connectivity index (χ1) is 9.47. The molecule has 0 spiro atoms. The summed E-state index contributed by atoms with van der Waals surface area (Å²) in [6.45, 7) is 3.73. The molecule has 2 amide bonds. The fourth-order valence-electron chi connectivity index (χ4n) is 1.70. The number of hydrogen-bond donors (Lipinski definition) is 1. The molecule has 8 heteroatoms. The number of hydroxylamine groups is 2. The summed E-state index contributed by atoms with van der Waals surface area (Å²) in [6, 6.07) is -0.730. The number of unbranched alkanes of at least 4 members (excludes halogenated alkanes) is 1. The molecule has 114 valence electrons. The molecular formula is C12H20N2O6. The number of carbonyl (C=O) groups excluding carboxylic acids is 3. The van der Waals surface area contributed by atoms with Crippen LogP contribution in [0.15, 0.2) is 0 Å². The lowest BCUT2D eigenvalue weighted by atomic mass is 10.3. The van der Waals surface area contributed by atoms with Gasteiger partial charge in [-0.1, -0.05) is 13.3 Å². The maximum atomic E-state index is 11.9. The number of hydrogen-bond acceptors (Lipinski definition) is 6. The predicted molar refractivity (Wildman–Crippen MR) is 67.1 cm³/mol. The number of ether oxygens (including phenoxy) is 1. The van der Waals surface area contributed by atoms with Gasteiger partial charge in [0.15, 0.2) is 0 Å². The van der Waals surface area contributed by atoms with Crippen LogP contribution in [0.1, 0.15) is 33.1 Å². The lowest BCUT2D eigenvalue weighted by molar-refractivity contribution is -0.185. The molecule has 1 rings (SSSR count). The fourth-order valence-corrected chi connectivity index (χ4v) is 1.70. The van der Waals surface area contributed by atoms with Gasteiger partial charge in [-0.25, -0.2) is 9.59 Å². The van der Waals surface area contributed by atoms with E-state index in [1.54, 1.807) is 0 Å². The summed E-state index contributed by atoms with van der Waals surface area (Å²) in [7, 11) is 0. The average Bonchev–Trinajstić information content (AvgIpc) is 2.40. The molecule has 1 heterocycles. The first-order valence-corrected chi connectivity index (χ1v) is 6.58. The van der Waals surface area contributed by atoms with Gasteiger partial charge in [-0.15, -0.1) is 0 Å². The van der Waals surface area contributed by atoms with Gasteiger partial charge in [0.05, 0.1) is 13.2 Å². The van der Waals surface area contributed by atoms with Crippen molar-refractivity contribution in [3.05, 3.63) is 0 Å². The van der Waals surface area contributed by atoms with Crippen molar-refractivity contribution in [2.75, 3.05) is 19.7 Å². The Morgan fingerprint density at radius 1 is 1.40 bits per heavy atom. The van der Waals surface area contributed by atoms with Crippen molar-refractivity contribution in [2.45, 2.75) is 39.3 Å². The fraction of sp³-hybridized carbons (Fsp3) is 0.750. The predicted octanol–water partition coefficient (Wildman–Crippen LogP) is 0.254. The van der Waals surface area contributed by atoms with Gasteiger partial charge < -0.3 is 14.7 Å². The van der Waals surface area contributed by atoms with Gasteiger partial charge in [-0.2, -0.15) is 5.06 Å². The number of nitrogens with zero attached hydrogens (tertiary/aromatic N) is 2. The number of esters is 1. The minimum Gasteiger partial charge on any atom is -0.462 e. The topological polar surface area (TPSA) is 96.4 Å². The number of aliphatic hydroxyl groups is 1. The molecule has 0 aromatic heterocycles.